The fourth-order valence-electron chi connectivity index (χ4n) is 2.15. The van der Waals surface area contributed by atoms with Gasteiger partial charge in [-0.1, -0.05) is 34.8 Å². The van der Waals surface area contributed by atoms with E-state index in [1.165, 1.54) is 24.2 Å². The maximum absolute atomic E-state index is 12.3. The number of amides is 1. The maximum atomic E-state index is 12.3. The quantitative estimate of drug-likeness (QED) is 0.765. The molecule has 4 heteroatoms. The first-order valence-corrected chi connectivity index (χ1v) is 7.73. The zero-order chi connectivity index (χ0) is 11.4. The van der Waals surface area contributed by atoms with E-state index in [1.807, 2.05) is 22.4 Å². The molecule has 1 aromatic heterocycles. The van der Waals surface area contributed by atoms with Crippen LogP contribution in [0.5, 0.6) is 0 Å². The van der Waals surface area contributed by atoms with Crippen LogP contribution in [0.1, 0.15) is 35.4 Å². The average Bonchev–Trinajstić information content (AvgIpc) is 2.73. The van der Waals surface area contributed by atoms with E-state index in [0.717, 1.165) is 29.6 Å². The van der Waals surface area contributed by atoms with Crippen LogP contribution in [0.4, 0.5) is 0 Å². The molecule has 0 bridgehead atoms. The van der Waals surface area contributed by atoms with Gasteiger partial charge in [0, 0.05) is 17.9 Å². The van der Waals surface area contributed by atoms with Gasteiger partial charge in [0.1, 0.15) is 0 Å². The van der Waals surface area contributed by atoms with Gasteiger partial charge in [-0.05, 0) is 24.3 Å². The van der Waals surface area contributed by atoms with Crippen LogP contribution in [-0.4, -0.2) is 28.7 Å². The number of rotatable bonds is 2. The lowest BCUT2D eigenvalue weighted by Gasteiger charge is -2.28. The molecule has 0 spiro atoms. The third kappa shape index (κ3) is 2.66. The lowest BCUT2D eigenvalue weighted by atomic mass is 10.1. The van der Waals surface area contributed by atoms with Gasteiger partial charge >= 0.3 is 0 Å². The Labute approximate surface area is 109 Å². The topological polar surface area (TPSA) is 20.3 Å². The van der Waals surface area contributed by atoms with E-state index in [2.05, 4.69) is 15.9 Å². The van der Waals surface area contributed by atoms with Gasteiger partial charge in [0.05, 0.1) is 4.88 Å². The van der Waals surface area contributed by atoms with Gasteiger partial charge in [0.2, 0.25) is 0 Å². The number of alkyl halides is 1. The van der Waals surface area contributed by atoms with Crippen molar-refractivity contribution in [2.45, 2.75) is 31.7 Å². The Morgan fingerprint density at radius 1 is 1.50 bits per heavy atom. The molecule has 2 heterocycles. The minimum absolute atomic E-state index is 0.210. The zero-order valence-electron chi connectivity index (χ0n) is 9.19. The standard InChI is InChI=1S/C12H16BrNOS/c13-9-10-5-2-1-3-7-14(10)12(15)11-6-4-8-16-11/h4,6,8,10H,1-3,5,7,9H2. The number of thiophene rings is 1. The Morgan fingerprint density at radius 2 is 2.38 bits per heavy atom. The van der Waals surface area contributed by atoms with Crippen molar-refractivity contribution in [3.63, 3.8) is 0 Å². The number of hydrogen-bond acceptors (Lipinski definition) is 2. The van der Waals surface area contributed by atoms with Gasteiger partial charge in [-0.25, -0.2) is 0 Å². The molecule has 1 aliphatic heterocycles. The molecule has 1 atom stereocenters. The number of carbonyl (C=O) groups excluding carboxylic acids is 1. The number of nitrogens with zero attached hydrogens (tertiary/aromatic N) is 1. The molecule has 0 aromatic carbocycles. The van der Waals surface area contributed by atoms with Crippen molar-refractivity contribution in [3.8, 4) is 0 Å². The third-order valence-electron chi connectivity index (χ3n) is 3.05. The number of halogens is 1. The first-order chi connectivity index (χ1) is 7.83. The Kier molecular flexibility index (Phi) is 4.41. The second kappa shape index (κ2) is 5.82. The number of likely N-dealkylation sites (tertiary alicyclic amines) is 1. The average molecular weight is 302 g/mol. The summed E-state index contributed by atoms with van der Waals surface area (Å²) in [6.45, 7) is 0.910. The predicted octanol–water partition coefficient (Wildman–Crippen LogP) is 3.53. The van der Waals surface area contributed by atoms with Crippen LogP contribution in [0.2, 0.25) is 0 Å². The maximum Gasteiger partial charge on any atom is 0.264 e. The van der Waals surface area contributed by atoms with Gasteiger partial charge in [-0.15, -0.1) is 11.3 Å². The van der Waals surface area contributed by atoms with Crippen molar-refractivity contribution in [3.05, 3.63) is 22.4 Å². The van der Waals surface area contributed by atoms with E-state index in [4.69, 9.17) is 0 Å². The molecule has 2 rings (SSSR count). The highest BCUT2D eigenvalue weighted by molar-refractivity contribution is 9.09. The number of carbonyl (C=O) groups is 1. The molecular weight excluding hydrogens is 286 g/mol. The predicted molar refractivity (Wildman–Crippen MR) is 71.4 cm³/mol. The monoisotopic (exact) mass is 301 g/mol. The van der Waals surface area contributed by atoms with E-state index >= 15 is 0 Å². The second-order valence-electron chi connectivity index (χ2n) is 4.13. The molecule has 0 N–H and O–H groups in total. The van der Waals surface area contributed by atoms with Crippen molar-refractivity contribution in [2.75, 3.05) is 11.9 Å². The van der Waals surface area contributed by atoms with Crippen LogP contribution < -0.4 is 0 Å². The molecule has 1 saturated heterocycles. The van der Waals surface area contributed by atoms with Crippen LogP contribution >= 0.6 is 27.3 Å². The van der Waals surface area contributed by atoms with E-state index in [1.54, 1.807) is 0 Å². The first-order valence-electron chi connectivity index (χ1n) is 5.73. The van der Waals surface area contributed by atoms with Crippen LogP contribution in [0.15, 0.2) is 17.5 Å². The molecule has 1 unspecified atom stereocenters. The summed E-state index contributed by atoms with van der Waals surface area (Å²) in [4.78, 5) is 15.2. The van der Waals surface area contributed by atoms with Gasteiger partial charge in [-0.2, -0.15) is 0 Å². The van der Waals surface area contributed by atoms with Gasteiger partial charge < -0.3 is 4.90 Å². The SMILES string of the molecule is O=C(c1cccs1)N1CCCCCC1CBr. The Hall–Kier alpha value is -0.350. The Bertz CT molecular complexity index is 339. The molecule has 16 heavy (non-hydrogen) atoms. The Balaban J connectivity index is 2.13. The fourth-order valence-corrected chi connectivity index (χ4v) is 3.50. The smallest absolute Gasteiger partial charge is 0.264 e. The highest BCUT2D eigenvalue weighted by atomic mass is 79.9. The van der Waals surface area contributed by atoms with Crippen molar-refractivity contribution in [1.29, 1.82) is 0 Å². The van der Waals surface area contributed by atoms with Crippen molar-refractivity contribution in [1.82, 2.24) is 4.90 Å². The molecule has 0 radical (unpaired) electrons. The van der Waals surface area contributed by atoms with E-state index in [0.29, 0.717) is 6.04 Å². The third-order valence-corrected chi connectivity index (χ3v) is 4.65. The van der Waals surface area contributed by atoms with Gasteiger partial charge in [0.15, 0.2) is 0 Å². The molecular formula is C12H16BrNOS. The van der Waals surface area contributed by atoms with Gasteiger partial charge in [0.25, 0.3) is 5.91 Å². The molecule has 0 saturated carbocycles. The van der Waals surface area contributed by atoms with Crippen molar-refractivity contribution < 1.29 is 4.79 Å². The summed E-state index contributed by atoms with van der Waals surface area (Å²) >= 11 is 5.06. The summed E-state index contributed by atoms with van der Waals surface area (Å²) in [7, 11) is 0. The first kappa shape index (κ1) is 12.1. The van der Waals surface area contributed by atoms with E-state index < -0.39 is 0 Å². The molecule has 1 fully saturated rings. The molecule has 88 valence electrons. The summed E-state index contributed by atoms with van der Waals surface area (Å²) in [6.07, 6.45) is 4.76. The molecule has 2 nitrogen and oxygen atoms in total. The normalized spacial score (nSPS) is 21.8. The highest BCUT2D eigenvalue weighted by Gasteiger charge is 2.25. The lowest BCUT2D eigenvalue weighted by molar-refractivity contribution is 0.0707. The lowest BCUT2D eigenvalue weighted by Crippen LogP contribution is -2.40. The molecule has 1 aliphatic rings. The van der Waals surface area contributed by atoms with Gasteiger partial charge in [-0.3, -0.25) is 4.79 Å². The zero-order valence-corrected chi connectivity index (χ0v) is 11.6. The Morgan fingerprint density at radius 3 is 3.06 bits per heavy atom. The summed E-state index contributed by atoms with van der Waals surface area (Å²) in [5.41, 5.74) is 0. The summed E-state index contributed by atoms with van der Waals surface area (Å²) in [5, 5.41) is 2.86. The summed E-state index contributed by atoms with van der Waals surface area (Å²) < 4.78 is 0. The van der Waals surface area contributed by atoms with Crippen LogP contribution in [0.3, 0.4) is 0 Å². The van der Waals surface area contributed by atoms with Crippen LogP contribution in [-0.2, 0) is 0 Å². The minimum atomic E-state index is 0.210. The molecule has 1 aromatic rings. The second-order valence-corrected chi connectivity index (χ2v) is 5.73. The summed E-state index contributed by atoms with van der Waals surface area (Å²) in [5.74, 6) is 0.210. The molecule has 1 amide bonds. The van der Waals surface area contributed by atoms with Crippen molar-refractivity contribution in [2.24, 2.45) is 0 Å². The van der Waals surface area contributed by atoms with Crippen molar-refractivity contribution >= 4 is 33.2 Å². The van der Waals surface area contributed by atoms with E-state index in [9.17, 15) is 4.79 Å². The fraction of sp³-hybridized carbons (Fsp3) is 0.583. The minimum Gasteiger partial charge on any atom is -0.334 e. The number of hydrogen-bond donors (Lipinski definition) is 0. The molecule has 0 aliphatic carbocycles. The summed E-state index contributed by atoms with van der Waals surface area (Å²) in [6, 6.07) is 4.24. The van der Waals surface area contributed by atoms with Crippen LogP contribution in [0, 0.1) is 0 Å². The van der Waals surface area contributed by atoms with E-state index in [-0.39, 0.29) is 5.91 Å². The van der Waals surface area contributed by atoms with Crippen LogP contribution in [0.25, 0.3) is 0 Å². The largest absolute Gasteiger partial charge is 0.334 e. The highest BCUT2D eigenvalue weighted by Crippen LogP contribution is 2.22.